The number of pyridine rings is 1. The van der Waals surface area contributed by atoms with E-state index in [4.69, 9.17) is 30.2 Å². The van der Waals surface area contributed by atoms with Gasteiger partial charge >= 0.3 is 6.18 Å². The number of hydrogen-bond donors (Lipinski definition) is 0. The monoisotopic (exact) mass is 775 g/mol. The summed E-state index contributed by atoms with van der Waals surface area (Å²) in [5.74, 6) is -7.21. The molecule has 6 nitrogen and oxygen atoms in total. The normalized spacial score (nSPS) is 22.5. The van der Waals surface area contributed by atoms with Crippen molar-refractivity contribution >= 4 is 28.6 Å². The van der Waals surface area contributed by atoms with Crippen molar-refractivity contribution in [2.24, 2.45) is 0 Å². The molecule has 1 aromatic heterocycles. The number of carbonyl (C=O) groups is 1. The lowest BCUT2D eigenvalue weighted by molar-refractivity contribution is -0.137. The quantitative estimate of drug-likeness (QED) is 0.0939. The Kier molecular flexibility index (Phi) is 5.44. The second-order valence-electron chi connectivity index (χ2n) is 11.0. The second kappa shape index (κ2) is 16.7. The number of benzene rings is 4. The Labute approximate surface area is 345 Å². The number of alkyl halides is 3. The zero-order valence-electron chi connectivity index (χ0n) is 53.0. The highest BCUT2D eigenvalue weighted by Gasteiger charge is 2.31. The van der Waals surface area contributed by atoms with Gasteiger partial charge in [0.2, 0.25) is 5.91 Å². The number of nitrogens with zero attached hydrogens (tertiary/aromatic N) is 3. The number of fused-ring (bicyclic) bond motifs is 1. The Morgan fingerprint density at radius 1 is 1.00 bits per heavy atom. The summed E-state index contributed by atoms with van der Waals surface area (Å²) in [6, 6.07) is -22.4. The Bertz CT molecular complexity index is 3350. The number of methoxy groups -OCH3 is 1. The van der Waals surface area contributed by atoms with Gasteiger partial charge in [-0.15, -0.1) is 11.8 Å². The minimum Gasteiger partial charge on any atom is -0.383 e. The standard InChI is InChI=1S/C41H40F5N3O3S/c1-27-6-15-36-34(22-27)37(50)23-39(53-26-31-4-3-5-35(42)40(31)43)49(36)25-38(51)48(33-16-18-47(19-17-33)20-21-52-2)24-28-7-9-29(10-8-28)30-11-13-32(14-12-30)41(44,45)46/h3-15,22-23,33H,16-21,24-26H2,1-2H3/i2D3,3D,4D,5D,6D,7D,8D,9D,10D,11D,12D,13D,14D,15D,20D2,21D2,22D,23D,24D2,25D2. The molecule has 0 N–H and O–H groups in total. The first-order valence-corrected chi connectivity index (χ1v) is 16.1. The number of aromatic nitrogens is 1. The number of ether oxygens (including phenoxy) is 1. The molecule has 0 spiro atoms. The third-order valence-corrected chi connectivity index (χ3v) is 8.51. The first kappa shape index (κ1) is 17.3. The molecule has 6 rings (SSSR count). The number of halogens is 5. The predicted octanol–water partition coefficient (Wildman–Crippen LogP) is 8.71. The molecule has 1 amide bonds. The molecule has 278 valence electrons. The van der Waals surface area contributed by atoms with Gasteiger partial charge in [-0.25, -0.2) is 8.78 Å². The third-order valence-electron chi connectivity index (χ3n) is 7.51. The fourth-order valence-electron chi connectivity index (χ4n) is 4.97. The number of likely N-dealkylation sites (tertiary alicyclic amines) is 1. The van der Waals surface area contributed by atoms with Crippen molar-refractivity contribution in [3.63, 3.8) is 0 Å². The van der Waals surface area contributed by atoms with E-state index in [1.54, 1.807) is 0 Å². The number of thioether (sulfide) groups is 1. The van der Waals surface area contributed by atoms with Crippen LogP contribution in [0.5, 0.6) is 0 Å². The van der Waals surface area contributed by atoms with E-state index in [1.807, 2.05) is 0 Å². The number of piperidine rings is 1. The SMILES string of the molecule is [2H]c1c([2H])c(F)c(F)c(CSc2c([2H])c(=O)c3c([2H])c(C)c([2H])c([2H])c3n2C([2H])([2H])C(=O)N(C2CCN(C([2H])([2H])C([2H])([2H])OC([2H])([2H])[2H])CC2)C([2H])([2H])c2c([2H])c([2H])c(-c3c([2H])c([2H])c(C(F)(F)F)c([2H])c3[2H])c([2H])c2[2H])c1[2H]. The lowest BCUT2D eigenvalue weighted by atomic mass is 10.00. The minimum atomic E-state index is -5.49. The van der Waals surface area contributed by atoms with Crippen LogP contribution in [0.2, 0.25) is 0 Å². The van der Waals surface area contributed by atoms with Crippen molar-refractivity contribution in [1.82, 2.24) is 14.4 Å². The summed E-state index contributed by atoms with van der Waals surface area (Å²) < 4.78 is 298. The summed E-state index contributed by atoms with van der Waals surface area (Å²) in [4.78, 5) is 30.3. The van der Waals surface area contributed by atoms with Gasteiger partial charge in [-0.05, 0) is 66.7 Å². The number of carbonyl (C=O) groups excluding carboxylic acids is 1. The molecule has 12 heteroatoms. The molecule has 5 aromatic rings. The summed E-state index contributed by atoms with van der Waals surface area (Å²) in [6.45, 7) is -15.8. The Morgan fingerprint density at radius 2 is 1.70 bits per heavy atom. The van der Waals surface area contributed by atoms with Gasteiger partial charge < -0.3 is 19.1 Å². The zero-order valence-corrected chi connectivity index (χ0v) is 27.8. The van der Waals surface area contributed by atoms with Crippen molar-refractivity contribution in [3.05, 3.63) is 135 Å². The number of rotatable bonds is 12. The molecule has 0 aliphatic carbocycles. The van der Waals surface area contributed by atoms with Crippen LogP contribution in [0.4, 0.5) is 22.0 Å². The molecule has 0 radical (unpaired) electrons. The lowest BCUT2D eigenvalue weighted by Gasteiger charge is -2.39. The maximum Gasteiger partial charge on any atom is 0.416 e. The van der Waals surface area contributed by atoms with E-state index in [1.165, 1.54) is 0 Å². The molecule has 1 aliphatic rings. The largest absolute Gasteiger partial charge is 0.416 e. The fourth-order valence-corrected chi connectivity index (χ4v) is 5.88. The van der Waals surface area contributed by atoms with Gasteiger partial charge in [0.05, 0.1) is 55.6 Å². The molecule has 1 fully saturated rings. The summed E-state index contributed by atoms with van der Waals surface area (Å²) in [5.41, 5.74) is -10.1. The van der Waals surface area contributed by atoms with Crippen LogP contribution < -0.4 is 5.43 Å². The van der Waals surface area contributed by atoms with Crippen LogP contribution in [0.15, 0.2) is 100 Å². The van der Waals surface area contributed by atoms with Gasteiger partial charge in [-0.3, -0.25) is 9.59 Å². The van der Waals surface area contributed by atoms with E-state index in [0.717, 1.165) is 6.92 Å². The van der Waals surface area contributed by atoms with Crippen LogP contribution in [0.3, 0.4) is 0 Å². The van der Waals surface area contributed by atoms with Crippen molar-refractivity contribution in [2.45, 2.75) is 55.8 Å². The molecule has 4 aromatic carbocycles. The van der Waals surface area contributed by atoms with Gasteiger partial charge in [-0.1, -0.05) is 59.9 Å². The molecule has 0 saturated carbocycles. The molecule has 53 heavy (non-hydrogen) atoms. The van der Waals surface area contributed by atoms with Crippen molar-refractivity contribution in [2.75, 3.05) is 33.2 Å². The molecule has 0 unspecified atom stereocenters. The van der Waals surface area contributed by atoms with Gasteiger partial charge in [0.25, 0.3) is 0 Å². The average Bonchev–Trinajstić information content (AvgIpc) is 3.34. The maximum atomic E-state index is 15.7. The highest BCUT2D eigenvalue weighted by atomic mass is 32.2. The van der Waals surface area contributed by atoms with E-state index in [2.05, 4.69) is 4.74 Å². The maximum absolute atomic E-state index is 15.7. The van der Waals surface area contributed by atoms with E-state index < -0.39 is 240 Å². The summed E-state index contributed by atoms with van der Waals surface area (Å²) >= 11 is -0.0199. The Balaban J connectivity index is 1.67. The lowest BCUT2D eigenvalue weighted by Crippen LogP contribution is -2.48. The molecule has 1 aliphatic heterocycles. The van der Waals surface area contributed by atoms with Gasteiger partial charge in [-0.2, -0.15) is 13.2 Å². The predicted molar refractivity (Wildman–Crippen MR) is 198 cm³/mol. The van der Waals surface area contributed by atoms with Crippen LogP contribution >= 0.6 is 11.8 Å². The average molecular weight is 776 g/mol. The molecular formula is C41H40F5N3O3S. The van der Waals surface area contributed by atoms with Crippen molar-refractivity contribution in [1.29, 1.82) is 0 Å². The highest BCUT2D eigenvalue weighted by Crippen LogP contribution is 2.32. The minimum absolute atomic E-state index is 0.0199. The third kappa shape index (κ3) is 9.17. The van der Waals surface area contributed by atoms with Crippen molar-refractivity contribution < 1.29 is 67.1 Å². The molecule has 1 saturated heterocycles. The number of amides is 1. The van der Waals surface area contributed by atoms with Gasteiger partial charge in [0.1, 0.15) is 6.50 Å². The van der Waals surface area contributed by atoms with Crippen LogP contribution in [0.25, 0.3) is 22.0 Å². The first-order valence-electron chi connectivity index (χ1n) is 28.2. The van der Waals surface area contributed by atoms with E-state index in [-0.39, 0.29) is 21.2 Å². The highest BCUT2D eigenvalue weighted by molar-refractivity contribution is 7.98. The van der Waals surface area contributed by atoms with E-state index in [0.29, 0.717) is 4.90 Å². The van der Waals surface area contributed by atoms with E-state index in [9.17, 15) is 27.8 Å². The van der Waals surface area contributed by atoms with Crippen molar-refractivity contribution in [3.8, 4) is 11.1 Å². The van der Waals surface area contributed by atoms with Crippen LogP contribution in [0.1, 0.15) is 70.7 Å². The van der Waals surface area contributed by atoms with E-state index >= 15 is 9.18 Å². The summed E-state index contributed by atoms with van der Waals surface area (Å²) in [5, 5.41) is -2.15. The number of hydrogen-bond acceptors (Lipinski definition) is 5. The smallest absolute Gasteiger partial charge is 0.383 e. The van der Waals surface area contributed by atoms with Crippen LogP contribution in [-0.4, -0.2) is 59.5 Å². The fraction of sp³-hybridized carbons (Fsp3) is 0.317. The second-order valence-corrected chi connectivity index (χ2v) is 12.0. The summed E-state index contributed by atoms with van der Waals surface area (Å²) in [7, 11) is -3.53. The molecule has 0 bridgehead atoms. The Morgan fingerprint density at radius 3 is 2.38 bits per heavy atom. The molecular weight excluding hydrogens is 710 g/mol. The van der Waals surface area contributed by atoms with Gasteiger partial charge in [0.15, 0.2) is 17.1 Å². The topological polar surface area (TPSA) is 54.8 Å². The summed E-state index contributed by atoms with van der Waals surface area (Å²) in [6.07, 6.45) is -7.12. The van der Waals surface area contributed by atoms with Crippen LogP contribution in [0, 0.1) is 18.6 Å². The van der Waals surface area contributed by atoms with Gasteiger partial charge in [0, 0.05) is 64.6 Å². The Hall–Kier alpha value is -4.52. The molecule has 0 atom stereocenters. The van der Waals surface area contributed by atoms with Crippen LogP contribution in [-0.2, 0) is 34.5 Å². The zero-order chi connectivity index (χ0) is 60.4. The molecule has 2 heterocycles. The first-order chi connectivity index (χ1) is 35.9.